The quantitative estimate of drug-likeness (QED) is 0.701. The van der Waals surface area contributed by atoms with Crippen LogP contribution < -0.4 is 5.32 Å². The second kappa shape index (κ2) is 8.71. The van der Waals surface area contributed by atoms with Gasteiger partial charge in [-0.2, -0.15) is 0 Å². The third-order valence-corrected chi connectivity index (χ3v) is 4.80. The van der Waals surface area contributed by atoms with Crippen molar-refractivity contribution in [2.24, 2.45) is 0 Å². The molecule has 0 aromatic heterocycles. The largest absolute Gasteiger partial charge is 0.357 e. The Morgan fingerprint density at radius 3 is 2.46 bits per heavy atom. The minimum Gasteiger partial charge on any atom is -0.357 e. The molecule has 0 spiro atoms. The summed E-state index contributed by atoms with van der Waals surface area (Å²) in [7, 11) is 1.43. The number of benzene rings is 1. The van der Waals surface area contributed by atoms with Crippen LogP contribution in [0.4, 0.5) is 0 Å². The Kier molecular flexibility index (Phi) is 6.63. The summed E-state index contributed by atoms with van der Waals surface area (Å²) in [6.07, 6.45) is 1.23. The van der Waals surface area contributed by atoms with Crippen LogP contribution in [0.1, 0.15) is 46.8 Å². The second-order valence-corrected chi connectivity index (χ2v) is 6.43. The molecule has 0 radical (unpaired) electrons. The number of amides is 3. The van der Waals surface area contributed by atoms with Crippen LogP contribution >= 0.6 is 0 Å². The van der Waals surface area contributed by atoms with Crippen molar-refractivity contribution in [2.45, 2.75) is 45.8 Å². The van der Waals surface area contributed by atoms with Crippen molar-refractivity contribution >= 4 is 24.5 Å². The van der Waals surface area contributed by atoms with Gasteiger partial charge >= 0.3 is 0 Å². The summed E-state index contributed by atoms with van der Waals surface area (Å²) in [5.41, 5.74) is 3.43. The van der Waals surface area contributed by atoms with Crippen molar-refractivity contribution in [3.05, 3.63) is 34.4 Å². The molecule has 2 rings (SSSR count). The van der Waals surface area contributed by atoms with E-state index in [1.165, 1.54) is 12.6 Å². The highest BCUT2D eigenvalue weighted by Crippen LogP contribution is 2.27. The first-order valence-corrected chi connectivity index (χ1v) is 8.74. The molecule has 0 saturated heterocycles. The molecule has 1 N–H and O–H groups in total. The molecule has 0 fully saturated rings. The topological polar surface area (TPSA) is 86.8 Å². The van der Waals surface area contributed by atoms with Gasteiger partial charge in [0.05, 0.1) is 0 Å². The lowest BCUT2D eigenvalue weighted by Crippen LogP contribution is -2.48. The van der Waals surface area contributed by atoms with Gasteiger partial charge in [-0.05, 0) is 42.6 Å². The van der Waals surface area contributed by atoms with Crippen molar-refractivity contribution in [1.29, 1.82) is 0 Å². The average molecular weight is 359 g/mol. The van der Waals surface area contributed by atoms with Gasteiger partial charge in [0.2, 0.25) is 12.3 Å². The SMILES string of the molecule is CCN1Cc2cc(C)c(C(=O)N(C=O)C(CCC=O)C(=O)NC)cc2C1. The van der Waals surface area contributed by atoms with Crippen molar-refractivity contribution in [3.8, 4) is 0 Å². The van der Waals surface area contributed by atoms with Crippen molar-refractivity contribution < 1.29 is 19.2 Å². The van der Waals surface area contributed by atoms with Gasteiger partial charge in [-0.15, -0.1) is 0 Å². The van der Waals surface area contributed by atoms with E-state index in [0.29, 0.717) is 18.3 Å². The Balaban J connectivity index is 2.34. The number of aryl methyl sites for hydroxylation is 1. The van der Waals surface area contributed by atoms with Crippen LogP contribution in [0.3, 0.4) is 0 Å². The molecule has 1 atom stereocenters. The maximum atomic E-state index is 13.0. The van der Waals surface area contributed by atoms with Gasteiger partial charge in [0.15, 0.2) is 0 Å². The standard InChI is InChI=1S/C19H25N3O4/c1-4-21-10-14-8-13(2)16(9-15(14)11-21)19(26)22(12-24)17(6-5-7-23)18(25)20-3/h7-9,12,17H,4-6,10-11H2,1-3H3,(H,20,25). The maximum absolute atomic E-state index is 13.0. The summed E-state index contributed by atoms with van der Waals surface area (Å²) >= 11 is 0. The Morgan fingerprint density at radius 1 is 1.27 bits per heavy atom. The minimum atomic E-state index is -1.00. The molecular formula is C19H25N3O4. The first kappa shape index (κ1) is 19.8. The number of carbonyl (C=O) groups excluding carboxylic acids is 4. The second-order valence-electron chi connectivity index (χ2n) is 6.43. The van der Waals surface area contributed by atoms with Crippen LogP contribution in [0.25, 0.3) is 0 Å². The number of nitrogens with one attached hydrogen (secondary N) is 1. The fourth-order valence-corrected chi connectivity index (χ4v) is 3.29. The Bertz CT molecular complexity index is 717. The van der Waals surface area contributed by atoms with E-state index >= 15 is 0 Å². The molecule has 0 aliphatic carbocycles. The minimum absolute atomic E-state index is 0.0876. The smallest absolute Gasteiger partial charge is 0.261 e. The average Bonchev–Trinajstić information content (AvgIpc) is 3.05. The molecule has 0 bridgehead atoms. The van der Waals surface area contributed by atoms with E-state index in [0.717, 1.165) is 35.7 Å². The van der Waals surface area contributed by atoms with Crippen molar-refractivity contribution in [1.82, 2.24) is 15.1 Å². The summed E-state index contributed by atoms with van der Waals surface area (Å²) in [5, 5.41) is 2.45. The predicted molar refractivity (Wildman–Crippen MR) is 96.4 cm³/mol. The van der Waals surface area contributed by atoms with Crippen molar-refractivity contribution in [2.75, 3.05) is 13.6 Å². The lowest BCUT2D eigenvalue weighted by Gasteiger charge is -2.25. The number of fused-ring (bicyclic) bond motifs is 1. The van der Waals surface area contributed by atoms with Crippen LogP contribution in [0, 0.1) is 6.92 Å². The Hall–Kier alpha value is -2.54. The lowest BCUT2D eigenvalue weighted by atomic mass is 9.99. The summed E-state index contributed by atoms with van der Waals surface area (Å²) in [6.45, 7) is 6.43. The zero-order chi connectivity index (χ0) is 19.3. The maximum Gasteiger partial charge on any atom is 0.261 e. The first-order chi connectivity index (χ1) is 12.5. The molecule has 7 nitrogen and oxygen atoms in total. The third kappa shape index (κ3) is 3.99. The summed E-state index contributed by atoms with van der Waals surface area (Å²) in [4.78, 5) is 50.6. The van der Waals surface area contributed by atoms with Crippen LogP contribution in [-0.2, 0) is 27.5 Å². The number of carbonyl (C=O) groups is 4. The van der Waals surface area contributed by atoms with E-state index in [9.17, 15) is 19.2 Å². The predicted octanol–water partition coefficient (Wildman–Crippen LogP) is 1.02. The molecule has 26 heavy (non-hydrogen) atoms. The number of aldehydes is 1. The highest BCUT2D eigenvalue weighted by molar-refractivity contribution is 6.04. The van der Waals surface area contributed by atoms with Gasteiger partial charge in [-0.1, -0.05) is 13.0 Å². The van der Waals surface area contributed by atoms with E-state index in [4.69, 9.17) is 0 Å². The molecule has 0 saturated carbocycles. The molecule has 1 unspecified atom stereocenters. The van der Waals surface area contributed by atoms with E-state index in [1.807, 2.05) is 19.1 Å². The van der Waals surface area contributed by atoms with Crippen molar-refractivity contribution in [3.63, 3.8) is 0 Å². The number of rotatable bonds is 8. The molecule has 1 aliphatic heterocycles. The number of hydrogen-bond donors (Lipinski definition) is 1. The Morgan fingerprint density at radius 2 is 1.92 bits per heavy atom. The highest BCUT2D eigenvalue weighted by atomic mass is 16.2. The van der Waals surface area contributed by atoms with Crippen LogP contribution in [0.15, 0.2) is 12.1 Å². The van der Waals surface area contributed by atoms with Gasteiger partial charge in [-0.25, -0.2) is 0 Å². The van der Waals surface area contributed by atoms with E-state index in [1.54, 1.807) is 0 Å². The fourth-order valence-electron chi connectivity index (χ4n) is 3.29. The van der Waals surface area contributed by atoms with Gasteiger partial charge < -0.3 is 10.1 Å². The highest BCUT2D eigenvalue weighted by Gasteiger charge is 2.31. The molecular weight excluding hydrogens is 334 g/mol. The fraction of sp³-hybridized carbons (Fsp3) is 0.474. The summed E-state index contributed by atoms with van der Waals surface area (Å²) < 4.78 is 0. The van der Waals surface area contributed by atoms with Gasteiger partial charge in [0.25, 0.3) is 5.91 Å². The monoisotopic (exact) mass is 359 g/mol. The number of hydrogen-bond acceptors (Lipinski definition) is 5. The van der Waals surface area contributed by atoms with Gasteiger partial charge in [0.1, 0.15) is 12.3 Å². The van der Waals surface area contributed by atoms with E-state index in [-0.39, 0.29) is 12.8 Å². The van der Waals surface area contributed by atoms with E-state index in [2.05, 4.69) is 17.1 Å². The molecule has 1 aromatic rings. The number of nitrogens with zero attached hydrogens (tertiary/aromatic N) is 2. The molecule has 1 aromatic carbocycles. The summed E-state index contributed by atoms with van der Waals surface area (Å²) in [6, 6.07) is 2.79. The van der Waals surface area contributed by atoms with Crippen LogP contribution in [0.2, 0.25) is 0 Å². The molecule has 3 amide bonds. The zero-order valence-electron chi connectivity index (χ0n) is 15.4. The van der Waals surface area contributed by atoms with Crippen LogP contribution in [-0.4, -0.2) is 53.9 Å². The lowest BCUT2D eigenvalue weighted by molar-refractivity contribution is -0.131. The number of imide groups is 1. The normalized spacial score (nSPS) is 14.4. The number of likely N-dealkylation sites (N-methyl/N-ethyl adjacent to an activating group) is 1. The molecule has 7 heteroatoms. The molecule has 140 valence electrons. The summed E-state index contributed by atoms with van der Waals surface area (Å²) in [5.74, 6) is -0.988. The third-order valence-electron chi connectivity index (χ3n) is 4.80. The first-order valence-electron chi connectivity index (χ1n) is 8.74. The molecule has 1 aliphatic rings. The Labute approximate surface area is 153 Å². The van der Waals surface area contributed by atoms with Crippen LogP contribution in [0.5, 0.6) is 0 Å². The zero-order valence-corrected chi connectivity index (χ0v) is 15.4. The van der Waals surface area contributed by atoms with E-state index < -0.39 is 17.9 Å². The van der Waals surface area contributed by atoms with Gasteiger partial charge in [-0.3, -0.25) is 24.2 Å². The molecule has 1 heterocycles. The van der Waals surface area contributed by atoms with Gasteiger partial charge in [0, 0.05) is 32.1 Å².